The van der Waals surface area contributed by atoms with Crippen molar-refractivity contribution in [2.24, 2.45) is 29.1 Å². The van der Waals surface area contributed by atoms with E-state index < -0.39 is 0 Å². The lowest BCUT2D eigenvalue weighted by atomic mass is 9.50. The van der Waals surface area contributed by atoms with Gasteiger partial charge in [0.05, 0.1) is 12.2 Å². The molecule has 1 amide bonds. The molecule has 0 spiro atoms. The zero-order valence-electron chi connectivity index (χ0n) is 15.2. The predicted octanol–water partition coefficient (Wildman–Crippen LogP) is 4.41. The van der Waals surface area contributed by atoms with Crippen molar-refractivity contribution in [1.82, 2.24) is 0 Å². The van der Waals surface area contributed by atoms with Gasteiger partial charge in [-0.05, 0) is 93.4 Å². The van der Waals surface area contributed by atoms with Gasteiger partial charge in [-0.2, -0.15) is 0 Å². The number of anilines is 1. The Morgan fingerprint density at radius 1 is 0.962 bits per heavy atom. The van der Waals surface area contributed by atoms with Crippen molar-refractivity contribution in [3.8, 4) is 0 Å². The minimum absolute atomic E-state index is 0.0853. The van der Waals surface area contributed by atoms with E-state index in [4.69, 9.17) is 4.74 Å². The molecular weight excluding hydrogens is 326 g/mol. The maximum Gasteiger partial charge on any atom is 0.338 e. The fraction of sp³-hybridized carbons (Fsp3) is 0.636. The summed E-state index contributed by atoms with van der Waals surface area (Å²) in [5.41, 5.74) is 1.57. The zero-order chi connectivity index (χ0) is 17.7. The lowest BCUT2D eigenvalue weighted by Gasteiger charge is -2.56. The molecule has 0 atom stereocenters. The summed E-state index contributed by atoms with van der Waals surface area (Å²) in [4.78, 5) is 24.3. The van der Waals surface area contributed by atoms with Crippen molar-refractivity contribution in [3.05, 3.63) is 29.8 Å². The highest BCUT2D eigenvalue weighted by Gasteiger charge is 2.51. The fourth-order valence-electron chi connectivity index (χ4n) is 6.05. The minimum Gasteiger partial charge on any atom is -0.462 e. The van der Waals surface area contributed by atoms with Crippen LogP contribution in [0.15, 0.2) is 24.3 Å². The first-order valence-corrected chi connectivity index (χ1v) is 10.2. The van der Waals surface area contributed by atoms with Crippen LogP contribution >= 0.6 is 0 Å². The summed E-state index contributed by atoms with van der Waals surface area (Å²) < 4.78 is 5.76. The Hall–Kier alpha value is -1.84. The Morgan fingerprint density at radius 3 is 2.08 bits per heavy atom. The van der Waals surface area contributed by atoms with E-state index in [0.717, 1.165) is 36.3 Å². The smallest absolute Gasteiger partial charge is 0.338 e. The van der Waals surface area contributed by atoms with Gasteiger partial charge in [0.1, 0.15) is 0 Å². The summed E-state index contributed by atoms with van der Waals surface area (Å²) >= 11 is 0. The first kappa shape index (κ1) is 16.3. The molecule has 0 aromatic heterocycles. The van der Waals surface area contributed by atoms with Crippen LogP contribution in [0.25, 0.3) is 0 Å². The van der Waals surface area contributed by atoms with Gasteiger partial charge in [-0.3, -0.25) is 4.79 Å². The van der Waals surface area contributed by atoms with Crippen LogP contribution in [0.3, 0.4) is 0 Å². The van der Waals surface area contributed by atoms with Crippen LogP contribution in [0.4, 0.5) is 5.69 Å². The molecule has 1 aromatic rings. The third-order valence-electron chi connectivity index (χ3n) is 7.01. The largest absolute Gasteiger partial charge is 0.462 e. The van der Waals surface area contributed by atoms with Gasteiger partial charge in [-0.15, -0.1) is 0 Å². The predicted molar refractivity (Wildman–Crippen MR) is 98.7 cm³/mol. The molecular formula is C22H27NO3. The van der Waals surface area contributed by atoms with E-state index in [1.165, 1.54) is 38.5 Å². The summed E-state index contributed by atoms with van der Waals surface area (Å²) in [7, 11) is 0. The van der Waals surface area contributed by atoms with Crippen LogP contribution < -0.4 is 5.32 Å². The average molecular weight is 353 g/mol. The van der Waals surface area contributed by atoms with Crippen LogP contribution in [0.5, 0.6) is 0 Å². The van der Waals surface area contributed by atoms with Gasteiger partial charge in [-0.25, -0.2) is 4.79 Å². The number of benzene rings is 1. The quantitative estimate of drug-likeness (QED) is 0.798. The summed E-state index contributed by atoms with van der Waals surface area (Å²) in [6.45, 7) is 0.579. The molecule has 5 aliphatic carbocycles. The Morgan fingerprint density at radius 2 is 1.54 bits per heavy atom. The highest BCUT2D eigenvalue weighted by molar-refractivity contribution is 5.95. The molecule has 1 aromatic carbocycles. The molecule has 5 saturated carbocycles. The highest BCUT2D eigenvalue weighted by atomic mass is 16.5. The van der Waals surface area contributed by atoms with Gasteiger partial charge in [-0.1, -0.05) is 0 Å². The Balaban J connectivity index is 1.18. The number of carbonyl (C=O) groups is 2. The molecule has 0 unspecified atom stereocenters. The molecule has 0 heterocycles. The Bertz CT molecular complexity index is 684. The number of nitrogens with one attached hydrogen (secondary N) is 1. The van der Waals surface area contributed by atoms with E-state index in [-0.39, 0.29) is 23.2 Å². The molecule has 0 radical (unpaired) electrons. The van der Waals surface area contributed by atoms with Gasteiger partial charge >= 0.3 is 5.97 Å². The second-order valence-electron chi connectivity index (χ2n) is 9.33. The van der Waals surface area contributed by atoms with Crippen molar-refractivity contribution < 1.29 is 14.3 Å². The monoisotopic (exact) mass is 353 g/mol. The number of rotatable bonds is 5. The van der Waals surface area contributed by atoms with Crippen molar-refractivity contribution in [2.45, 2.75) is 51.4 Å². The van der Waals surface area contributed by atoms with Gasteiger partial charge in [0, 0.05) is 17.0 Å². The Labute approximate surface area is 154 Å². The van der Waals surface area contributed by atoms with Gasteiger partial charge in [0.15, 0.2) is 0 Å². The zero-order valence-corrected chi connectivity index (χ0v) is 15.2. The molecule has 5 aliphatic rings. The molecule has 6 rings (SSSR count). The SMILES string of the molecule is O=C(OCC12CC3CC(CC(C3)C1)C2)c1ccc(NC(=O)C2CC2)cc1. The van der Waals surface area contributed by atoms with Crippen molar-refractivity contribution in [1.29, 1.82) is 0 Å². The third kappa shape index (κ3) is 3.15. The van der Waals surface area contributed by atoms with Gasteiger partial charge < -0.3 is 10.1 Å². The van der Waals surface area contributed by atoms with E-state index in [9.17, 15) is 9.59 Å². The molecule has 5 fully saturated rings. The number of hydrogen-bond acceptors (Lipinski definition) is 3. The normalized spacial score (nSPS) is 34.5. The number of amides is 1. The lowest BCUT2D eigenvalue weighted by molar-refractivity contribution is -0.117. The topological polar surface area (TPSA) is 55.4 Å². The second-order valence-corrected chi connectivity index (χ2v) is 9.33. The van der Waals surface area contributed by atoms with Crippen LogP contribution in [0, 0.1) is 29.1 Å². The highest BCUT2D eigenvalue weighted by Crippen LogP contribution is 2.60. The van der Waals surface area contributed by atoms with E-state index in [1.54, 1.807) is 24.3 Å². The third-order valence-corrected chi connectivity index (χ3v) is 7.01. The molecule has 0 saturated heterocycles. The molecule has 138 valence electrons. The van der Waals surface area contributed by atoms with E-state index in [0.29, 0.717) is 12.2 Å². The maximum absolute atomic E-state index is 12.5. The van der Waals surface area contributed by atoms with Crippen LogP contribution in [-0.4, -0.2) is 18.5 Å². The molecule has 1 N–H and O–H groups in total. The van der Waals surface area contributed by atoms with Gasteiger partial charge in [0.25, 0.3) is 0 Å². The fourth-order valence-corrected chi connectivity index (χ4v) is 6.05. The summed E-state index contributed by atoms with van der Waals surface area (Å²) in [6, 6.07) is 7.10. The number of esters is 1. The first-order chi connectivity index (χ1) is 12.6. The molecule has 0 aliphatic heterocycles. The van der Waals surface area contributed by atoms with Crippen molar-refractivity contribution in [2.75, 3.05) is 11.9 Å². The number of ether oxygens (including phenoxy) is 1. The molecule has 4 heteroatoms. The minimum atomic E-state index is -0.235. The molecule has 4 bridgehead atoms. The van der Waals surface area contributed by atoms with E-state index in [2.05, 4.69) is 5.32 Å². The maximum atomic E-state index is 12.5. The van der Waals surface area contributed by atoms with Crippen molar-refractivity contribution >= 4 is 17.6 Å². The van der Waals surface area contributed by atoms with Gasteiger partial charge in [0.2, 0.25) is 5.91 Å². The second kappa shape index (κ2) is 6.11. The summed E-state index contributed by atoms with van der Waals surface area (Å²) in [5, 5.41) is 2.90. The average Bonchev–Trinajstić information content (AvgIpc) is 3.44. The summed E-state index contributed by atoms with van der Waals surface area (Å²) in [5.74, 6) is 2.64. The van der Waals surface area contributed by atoms with Crippen LogP contribution in [-0.2, 0) is 9.53 Å². The van der Waals surface area contributed by atoms with Crippen molar-refractivity contribution in [3.63, 3.8) is 0 Å². The first-order valence-electron chi connectivity index (χ1n) is 10.2. The molecule has 4 nitrogen and oxygen atoms in total. The molecule has 26 heavy (non-hydrogen) atoms. The van der Waals surface area contributed by atoms with E-state index in [1.807, 2.05) is 0 Å². The Kier molecular flexibility index (Phi) is 3.84. The summed E-state index contributed by atoms with van der Waals surface area (Å²) in [6.07, 6.45) is 9.93. The van der Waals surface area contributed by atoms with E-state index >= 15 is 0 Å². The van der Waals surface area contributed by atoms with Crippen LogP contribution in [0.1, 0.15) is 61.7 Å². The number of carbonyl (C=O) groups excluding carboxylic acids is 2. The number of hydrogen-bond donors (Lipinski definition) is 1. The standard InChI is InChI=1S/C22H27NO3/c24-20(17-1-2-17)23-19-5-3-18(4-6-19)21(25)26-13-22-10-14-7-15(11-22)9-16(8-14)12-22/h3-6,14-17H,1-2,7-13H2,(H,23,24). The van der Waals surface area contributed by atoms with Crippen LogP contribution in [0.2, 0.25) is 0 Å². The lowest BCUT2D eigenvalue weighted by Crippen LogP contribution is -2.48.